The second kappa shape index (κ2) is 12.6. The molecule has 0 saturated heterocycles. The molecule has 1 aromatic heterocycles. The molecule has 0 saturated carbocycles. The van der Waals surface area contributed by atoms with Crippen molar-refractivity contribution in [3.05, 3.63) is 194 Å². The fourth-order valence-electron chi connectivity index (χ4n) is 7.36. The van der Waals surface area contributed by atoms with E-state index in [4.69, 9.17) is 9.47 Å². The Morgan fingerprint density at radius 2 is 0.887 bits per heavy atom. The summed E-state index contributed by atoms with van der Waals surface area (Å²) in [6.45, 7) is 0. The van der Waals surface area contributed by atoms with Gasteiger partial charge in [0.2, 0.25) is 0 Å². The highest BCUT2D eigenvalue weighted by molar-refractivity contribution is 6.10. The van der Waals surface area contributed by atoms with Gasteiger partial charge in [0, 0.05) is 33.5 Å². The molecule has 0 radical (unpaired) electrons. The van der Waals surface area contributed by atoms with Gasteiger partial charge in [-0.05, 0) is 119 Å². The maximum Gasteiger partial charge on any atom is 0.170 e. The normalized spacial score (nSPS) is 11.8. The summed E-state index contributed by atoms with van der Waals surface area (Å²) in [6.07, 6.45) is 0. The van der Waals surface area contributed by atoms with Crippen LogP contribution in [-0.2, 0) is 0 Å². The van der Waals surface area contributed by atoms with Crippen LogP contribution in [-0.4, -0.2) is 4.57 Å². The number of para-hydroxylation sites is 4. The van der Waals surface area contributed by atoms with Crippen LogP contribution in [0.15, 0.2) is 188 Å². The van der Waals surface area contributed by atoms with Gasteiger partial charge >= 0.3 is 0 Å². The van der Waals surface area contributed by atoms with E-state index in [-0.39, 0.29) is 5.82 Å². The first-order valence-corrected chi connectivity index (χ1v) is 17.6. The number of anilines is 3. The zero-order valence-electron chi connectivity index (χ0n) is 28.5. The molecule has 252 valence electrons. The number of ether oxygens (including phenoxy) is 2. The molecule has 9 aromatic rings. The van der Waals surface area contributed by atoms with E-state index in [2.05, 4.69) is 131 Å². The van der Waals surface area contributed by atoms with Gasteiger partial charge in [0.25, 0.3) is 0 Å². The molecule has 0 unspecified atom stereocenters. The molecule has 0 fully saturated rings. The molecule has 8 aromatic carbocycles. The second-order valence-electron chi connectivity index (χ2n) is 13.1. The molecule has 0 spiro atoms. The van der Waals surface area contributed by atoms with Crippen LogP contribution < -0.4 is 14.4 Å². The average Bonchev–Trinajstić information content (AvgIpc) is 3.55. The number of halogens is 1. The molecule has 1 aliphatic rings. The number of hydrogen-bond donors (Lipinski definition) is 0. The predicted octanol–water partition coefficient (Wildman–Crippen LogP) is 13.6. The fourth-order valence-corrected chi connectivity index (χ4v) is 7.36. The van der Waals surface area contributed by atoms with E-state index in [0.717, 1.165) is 56.0 Å². The van der Waals surface area contributed by atoms with E-state index < -0.39 is 0 Å². The van der Waals surface area contributed by atoms with Gasteiger partial charge in [-0.2, -0.15) is 0 Å². The molecule has 0 amide bonds. The highest BCUT2D eigenvalue weighted by Gasteiger charge is 2.20. The zero-order valence-corrected chi connectivity index (χ0v) is 28.5. The minimum absolute atomic E-state index is 0.245. The van der Waals surface area contributed by atoms with Crippen molar-refractivity contribution in [3.8, 4) is 50.9 Å². The van der Waals surface area contributed by atoms with Crippen LogP contribution in [0.2, 0.25) is 0 Å². The third kappa shape index (κ3) is 5.47. The zero-order chi connectivity index (χ0) is 35.3. The van der Waals surface area contributed by atoms with E-state index in [0.29, 0.717) is 23.0 Å². The standard InChI is InChI=1S/C48H31FN2O2/c49-36-21-14-32(15-22-36)33-16-23-38(24-17-33)50(40-27-28-44-42(31-40)41-10-4-5-11-43(41)51(44)37-8-2-1-3-9-37)39-25-18-34(19-26-39)35-20-29-47-48(30-35)53-46-13-7-6-12-45(46)52-47/h1-31H. The number of hydrogen-bond acceptors (Lipinski definition) is 3. The van der Waals surface area contributed by atoms with Gasteiger partial charge in [-0.15, -0.1) is 0 Å². The van der Waals surface area contributed by atoms with Gasteiger partial charge in [-0.3, -0.25) is 0 Å². The summed E-state index contributed by atoms with van der Waals surface area (Å²) in [6, 6.07) is 63.2. The molecule has 0 aliphatic carbocycles. The fraction of sp³-hybridized carbons (Fsp3) is 0. The number of fused-ring (bicyclic) bond motifs is 5. The van der Waals surface area contributed by atoms with E-state index in [9.17, 15) is 4.39 Å². The number of aromatic nitrogens is 1. The van der Waals surface area contributed by atoms with Crippen molar-refractivity contribution in [2.75, 3.05) is 4.90 Å². The summed E-state index contributed by atoms with van der Waals surface area (Å²) in [5.41, 5.74) is 10.6. The summed E-state index contributed by atoms with van der Waals surface area (Å²) in [4.78, 5) is 2.28. The van der Waals surface area contributed by atoms with Gasteiger partial charge in [0.1, 0.15) is 5.82 Å². The number of benzene rings is 8. The Balaban J connectivity index is 1.07. The van der Waals surface area contributed by atoms with Crippen molar-refractivity contribution < 1.29 is 13.9 Å². The molecule has 0 atom stereocenters. The molecule has 53 heavy (non-hydrogen) atoms. The molecule has 2 heterocycles. The second-order valence-corrected chi connectivity index (χ2v) is 13.1. The Labute approximate surface area is 306 Å². The highest BCUT2D eigenvalue weighted by atomic mass is 19.1. The van der Waals surface area contributed by atoms with E-state index in [1.54, 1.807) is 0 Å². The number of nitrogens with zero attached hydrogens (tertiary/aromatic N) is 2. The number of rotatable bonds is 6. The third-order valence-corrected chi connectivity index (χ3v) is 9.92. The smallest absolute Gasteiger partial charge is 0.170 e. The van der Waals surface area contributed by atoms with Crippen molar-refractivity contribution in [1.82, 2.24) is 4.57 Å². The Morgan fingerprint density at radius 1 is 0.377 bits per heavy atom. The Hall–Kier alpha value is -7.11. The Kier molecular flexibility index (Phi) is 7.29. The third-order valence-electron chi connectivity index (χ3n) is 9.92. The van der Waals surface area contributed by atoms with Gasteiger partial charge in [0.15, 0.2) is 23.0 Å². The van der Waals surface area contributed by atoms with Crippen LogP contribution >= 0.6 is 0 Å². The maximum atomic E-state index is 13.7. The topological polar surface area (TPSA) is 26.6 Å². The lowest BCUT2D eigenvalue weighted by Crippen LogP contribution is -2.10. The van der Waals surface area contributed by atoms with E-state index in [1.807, 2.05) is 54.6 Å². The summed E-state index contributed by atoms with van der Waals surface area (Å²) in [5.74, 6) is 2.56. The van der Waals surface area contributed by atoms with Crippen LogP contribution in [0.4, 0.5) is 21.5 Å². The minimum Gasteiger partial charge on any atom is -0.450 e. The van der Waals surface area contributed by atoms with Crippen molar-refractivity contribution in [1.29, 1.82) is 0 Å². The summed E-state index contributed by atoms with van der Waals surface area (Å²) in [7, 11) is 0. The molecule has 10 rings (SSSR count). The lowest BCUT2D eigenvalue weighted by Gasteiger charge is -2.26. The van der Waals surface area contributed by atoms with Gasteiger partial charge in [0.05, 0.1) is 11.0 Å². The van der Waals surface area contributed by atoms with Crippen LogP contribution in [0.5, 0.6) is 23.0 Å². The first-order chi connectivity index (χ1) is 26.2. The Morgan fingerprint density at radius 3 is 1.58 bits per heavy atom. The Bertz CT molecular complexity index is 2770. The monoisotopic (exact) mass is 686 g/mol. The van der Waals surface area contributed by atoms with Gasteiger partial charge < -0.3 is 18.9 Å². The SMILES string of the molecule is Fc1ccc(-c2ccc(N(c3ccc(-c4ccc5c(c4)Oc4ccccc4O5)cc3)c3ccc4c(c3)c3ccccc3n4-c3ccccc3)cc2)cc1. The predicted molar refractivity (Wildman–Crippen MR) is 213 cm³/mol. The largest absolute Gasteiger partial charge is 0.450 e. The highest BCUT2D eigenvalue weighted by Crippen LogP contribution is 2.47. The first kappa shape index (κ1) is 30.7. The average molecular weight is 687 g/mol. The van der Waals surface area contributed by atoms with Gasteiger partial charge in [-0.1, -0.05) is 91.0 Å². The molecule has 4 nitrogen and oxygen atoms in total. The molecule has 1 aliphatic heterocycles. The van der Waals surface area contributed by atoms with Crippen LogP contribution in [0.3, 0.4) is 0 Å². The molecule has 0 bridgehead atoms. The van der Waals surface area contributed by atoms with E-state index >= 15 is 0 Å². The lowest BCUT2D eigenvalue weighted by molar-refractivity contribution is 0.360. The summed E-state index contributed by atoms with van der Waals surface area (Å²) < 4.78 is 28.3. The quantitative estimate of drug-likeness (QED) is 0.174. The van der Waals surface area contributed by atoms with Crippen molar-refractivity contribution in [3.63, 3.8) is 0 Å². The molecule has 0 N–H and O–H groups in total. The van der Waals surface area contributed by atoms with Crippen LogP contribution in [0.1, 0.15) is 0 Å². The van der Waals surface area contributed by atoms with Crippen molar-refractivity contribution >= 4 is 38.9 Å². The van der Waals surface area contributed by atoms with Crippen molar-refractivity contribution in [2.24, 2.45) is 0 Å². The first-order valence-electron chi connectivity index (χ1n) is 17.6. The summed E-state index contributed by atoms with van der Waals surface area (Å²) in [5, 5.41) is 2.36. The maximum absolute atomic E-state index is 13.7. The minimum atomic E-state index is -0.245. The van der Waals surface area contributed by atoms with Gasteiger partial charge in [-0.25, -0.2) is 4.39 Å². The van der Waals surface area contributed by atoms with Crippen LogP contribution in [0, 0.1) is 5.82 Å². The van der Waals surface area contributed by atoms with E-state index in [1.165, 1.54) is 22.9 Å². The summed E-state index contributed by atoms with van der Waals surface area (Å²) >= 11 is 0. The van der Waals surface area contributed by atoms with Crippen molar-refractivity contribution in [2.45, 2.75) is 0 Å². The molecule has 5 heteroatoms. The molecular weight excluding hydrogens is 656 g/mol. The van der Waals surface area contributed by atoms with Crippen LogP contribution in [0.25, 0.3) is 49.7 Å². The molecular formula is C48H31FN2O2. The lowest BCUT2D eigenvalue weighted by atomic mass is 10.0.